The summed E-state index contributed by atoms with van der Waals surface area (Å²) in [6.07, 6.45) is -3.77. The van der Waals surface area contributed by atoms with Crippen LogP contribution in [-0.2, 0) is 4.74 Å². The predicted octanol–water partition coefficient (Wildman–Crippen LogP) is 4.09. The molecule has 0 atom stereocenters. The first-order valence-electron chi connectivity index (χ1n) is 4.91. The van der Waals surface area contributed by atoms with Crippen molar-refractivity contribution in [1.29, 1.82) is 0 Å². The molecule has 0 fully saturated rings. The molecular weight excluding hydrogens is 205 g/mol. The molecule has 0 aliphatic rings. The van der Waals surface area contributed by atoms with Crippen LogP contribution < -0.4 is 0 Å². The van der Waals surface area contributed by atoms with Gasteiger partial charge in [-0.25, -0.2) is 0 Å². The van der Waals surface area contributed by atoms with Crippen molar-refractivity contribution in [2.75, 3.05) is 6.61 Å². The van der Waals surface area contributed by atoms with E-state index in [1.54, 1.807) is 0 Å². The summed E-state index contributed by atoms with van der Waals surface area (Å²) in [5.74, 6) is 0. The largest absolute Gasteiger partial charge is 0.416 e. The second-order valence-electron chi connectivity index (χ2n) is 4.39. The van der Waals surface area contributed by atoms with Crippen molar-refractivity contribution in [3.8, 4) is 0 Å². The number of hydrogen-bond acceptors (Lipinski definition) is 1. The molecule has 1 nitrogen and oxygen atoms in total. The van der Waals surface area contributed by atoms with Gasteiger partial charge in [0.25, 0.3) is 0 Å². The summed E-state index contributed by atoms with van der Waals surface area (Å²) in [7, 11) is 0. The van der Waals surface area contributed by atoms with Gasteiger partial charge in [-0.2, -0.15) is 13.2 Å². The van der Waals surface area contributed by atoms with E-state index in [2.05, 4.69) is 0 Å². The van der Waals surface area contributed by atoms with Crippen LogP contribution in [0, 0.1) is 0 Å². The SMILES string of the molecule is CC(C)=C(C)CCOC(C)(C)C(F)(F)F. The van der Waals surface area contributed by atoms with Crippen molar-refractivity contribution in [3.05, 3.63) is 11.1 Å². The van der Waals surface area contributed by atoms with Crippen molar-refractivity contribution in [1.82, 2.24) is 0 Å². The molecular formula is C11H19F3O. The zero-order chi connectivity index (χ0) is 12.3. The Balaban J connectivity index is 4.14. The van der Waals surface area contributed by atoms with Gasteiger partial charge in [0, 0.05) is 0 Å². The molecule has 0 aliphatic heterocycles. The highest BCUT2D eigenvalue weighted by Gasteiger charge is 2.48. The third-order valence-electron chi connectivity index (χ3n) is 2.48. The molecule has 0 spiro atoms. The Morgan fingerprint density at radius 2 is 1.53 bits per heavy atom. The average molecular weight is 224 g/mol. The highest BCUT2D eigenvalue weighted by atomic mass is 19.4. The van der Waals surface area contributed by atoms with Crippen LogP contribution in [0.4, 0.5) is 13.2 Å². The van der Waals surface area contributed by atoms with Crippen molar-refractivity contribution < 1.29 is 17.9 Å². The minimum atomic E-state index is -4.31. The summed E-state index contributed by atoms with van der Waals surface area (Å²) >= 11 is 0. The fraction of sp³-hybridized carbons (Fsp3) is 0.818. The Labute approximate surface area is 89.3 Å². The molecule has 0 aromatic heterocycles. The van der Waals surface area contributed by atoms with Gasteiger partial charge >= 0.3 is 6.18 Å². The molecule has 0 rings (SSSR count). The maximum atomic E-state index is 12.4. The lowest BCUT2D eigenvalue weighted by atomic mass is 10.1. The van der Waals surface area contributed by atoms with Crippen LogP contribution in [0.5, 0.6) is 0 Å². The number of allylic oxidation sites excluding steroid dienone is 1. The highest BCUT2D eigenvalue weighted by Crippen LogP contribution is 2.33. The lowest BCUT2D eigenvalue weighted by Crippen LogP contribution is -2.42. The normalized spacial score (nSPS) is 12.8. The average Bonchev–Trinajstić information content (AvgIpc) is 2.01. The van der Waals surface area contributed by atoms with E-state index in [4.69, 9.17) is 4.74 Å². The molecule has 0 N–H and O–H groups in total. The summed E-state index contributed by atoms with van der Waals surface area (Å²) in [4.78, 5) is 0. The van der Waals surface area contributed by atoms with Crippen LogP contribution in [0.3, 0.4) is 0 Å². The van der Waals surface area contributed by atoms with Crippen molar-refractivity contribution in [2.24, 2.45) is 0 Å². The zero-order valence-corrected chi connectivity index (χ0v) is 9.96. The van der Waals surface area contributed by atoms with Gasteiger partial charge in [-0.3, -0.25) is 0 Å². The Morgan fingerprint density at radius 1 is 1.07 bits per heavy atom. The van der Waals surface area contributed by atoms with E-state index >= 15 is 0 Å². The first kappa shape index (κ1) is 14.5. The fourth-order valence-electron chi connectivity index (χ4n) is 0.791. The van der Waals surface area contributed by atoms with Gasteiger partial charge in [-0.15, -0.1) is 0 Å². The zero-order valence-electron chi connectivity index (χ0n) is 9.96. The molecule has 0 saturated carbocycles. The van der Waals surface area contributed by atoms with Gasteiger partial charge in [0.1, 0.15) is 0 Å². The van der Waals surface area contributed by atoms with Crippen LogP contribution in [0.15, 0.2) is 11.1 Å². The van der Waals surface area contributed by atoms with Crippen LogP contribution in [0.2, 0.25) is 0 Å². The maximum absolute atomic E-state index is 12.4. The van der Waals surface area contributed by atoms with Crippen LogP contribution in [0.1, 0.15) is 41.0 Å². The molecule has 15 heavy (non-hydrogen) atoms. The molecule has 0 amide bonds. The van der Waals surface area contributed by atoms with Gasteiger partial charge in [0.15, 0.2) is 5.60 Å². The molecule has 0 heterocycles. The number of rotatable bonds is 4. The molecule has 4 heteroatoms. The Morgan fingerprint density at radius 3 is 1.87 bits per heavy atom. The van der Waals surface area contributed by atoms with E-state index in [1.807, 2.05) is 20.8 Å². The van der Waals surface area contributed by atoms with Crippen LogP contribution in [-0.4, -0.2) is 18.4 Å². The highest BCUT2D eigenvalue weighted by molar-refractivity contribution is 5.06. The van der Waals surface area contributed by atoms with Crippen LogP contribution >= 0.6 is 0 Å². The summed E-state index contributed by atoms with van der Waals surface area (Å²) in [5.41, 5.74) is 0.144. The van der Waals surface area contributed by atoms with Crippen molar-refractivity contribution >= 4 is 0 Å². The Hall–Kier alpha value is -0.510. The first-order valence-corrected chi connectivity index (χ1v) is 4.91. The number of alkyl halides is 3. The Bertz CT molecular complexity index is 235. The summed E-state index contributed by atoms with van der Waals surface area (Å²) in [6, 6.07) is 0. The van der Waals surface area contributed by atoms with Gasteiger partial charge < -0.3 is 4.74 Å². The van der Waals surface area contributed by atoms with E-state index in [-0.39, 0.29) is 6.61 Å². The van der Waals surface area contributed by atoms with Crippen molar-refractivity contribution in [3.63, 3.8) is 0 Å². The second-order valence-corrected chi connectivity index (χ2v) is 4.39. The standard InChI is InChI=1S/C11H19F3O/c1-8(2)9(3)6-7-15-10(4,5)11(12,13)14/h6-7H2,1-5H3. The molecule has 0 aromatic carbocycles. The maximum Gasteiger partial charge on any atom is 0.416 e. The molecule has 90 valence electrons. The molecule has 0 aromatic rings. The summed E-state index contributed by atoms with van der Waals surface area (Å²) in [5, 5.41) is 0. The third-order valence-corrected chi connectivity index (χ3v) is 2.48. The van der Waals surface area contributed by atoms with E-state index in [0.29, 0.717) is 6.42 Å². The molecule has 0 aliphatic carbocycles. The van der Waals surface area contributed by atoms with E-state index in [9.17, 15) is 13.2 Å². The fourth-order valence-corrected chi connectivity index (χ4v) is 0.791. The van der Waals surface area contributed by atoms with Gasteiger partial charge in [-0.05, 0) is 41.0 Å². The second kappa shape index (κ2) is 5.01. The van der Waals surface area contributed by atoms with Gasteiger partial charge in [0.05, 0.1) is 6.61 Å². The molecule has 0 bridgehead atoms. The van der Waals surface area contributed by atoms with Gasteiger partial charge in [-0.1, -0.05) is 11.1 Å². The Kier molecular flexibility index (Phi) is 4.84. The number of halogens is 3. The van der Waals surface area contributed by atoms with E-state index < -0.39 is 11.8 Å². The number of ether oxygens (including phenoxy) is 1. The lowest BCUT2D eigenvalue weighted by Gasteiger charge is -2.28. The monoisotopic (exact) mass is 224 g/mol. The van der Waals surface area contributed by atoms with E-state index in [0.717, 1.165) is 25.0 Å². The van der Waals surface area contributed by atoms with Crippen molar-refractivity contribution in [2.45, 2.75) is 52.8 Å². The molecule has 0 saturated heterocycles. The predicted molar refractivity (Wildman–Crippen MR) is 54.8 cm³/mol. The molecule has 0 radical (unpaired) electrons. The first-order chi connectivity index (χ1) is 6.58. The topological polar surface area (TPSA) is 9.23 Å². The third kappa shape index (κ3) is 4.69. The smallest absolute Gasteiger partial charge is 0.366 e. The minimum Gasteiger partial charge on any atom is -0.366 e. The quantitative estimate of drug-likeness (QED) is 0.653. The summed E-state index contributed by atoms with van der Waals surface area (Å²) in [6.45, 7) is 7.97. The van der Waals surface area contributed by atoms with Crippen LogP contribution in [0.25, 0.3) is 0 Å². The minimum absolute atomic E-state index is 0.101. The van der Waals surface area contributed by atoms with Gasteiger partial charge in [0.2, 0.25) is 0 Å². The van der Waals surface area contributed by atoms with E-state index in [1.165, 1.54) is 0 Å². The number of hydrogen-bond donors (Lipinski definition) is 0. The summed E-state index contributed by atoms with van der Waals surface area (Å²) < 4.78 is 42.0. The lowest BCUT2D eigenvalue weighted by molar-refractivity contribution is -0.263. The molecule has 0 unspecified atom stereocenters.